The number of rotatable bonds is 2. The van der Waals surface area contributed by atoms with Crippen molar-refractivity contribution in [3.8, 4) is 23.3 Å². The smallest absolute Gasteiger partial charge is 0.270 e. The average Bonchev–Trinajstić information content (AvgIpc) is 3.11. The Morgan fingerprint density at radius 1 is 1.15 bits per heavy atom. The van der Waals surface area contributed by atoms with E-state index in [9.17, 15) is 15.0 Å². The van der Waals surface area contributed by atoms with E-state index in [-0.39, 0.29) is 34.9 Å². The Balaban J connectivity index is 1.30. The van der Waals surface area contributed by atoms with Crippen LogP contribution in [0.3, 0.4) is 0 Å². The highest BCUT2D eigenvalue weighted by molar-refractivity contribution is 5.47. The maximum absolute atomic E-state index is 12.9. The van der Waals surface area contributed by atoms with E-state index in [1.807, 2.05) is 0 Å². The molecule has 2 aliphatic rings. The maximum atomic E-state index is 12.9. The first-order chi connectivity index (χ1) is 16.4. The number of phenols is 2. The number of aromatic nitrogens is 2. The zero-order valence-corrected chi connectivity index (χ0v) is 19.2. The third-order valence-electron chi connectivity index (χ3n) is 7.38. The van der Waals surface area contributed by atoms with Gasteiger partial charge in [0, 0.05) is 38.2 Å². The Labute approximate surface area is 198 Å². The Kier molecular flexibility index (Phi) is 5.54. The molecule has 0 bridgehead atoms. The van der Waals surface area contributed by atoms with E-state index in [0.29, 0.717) is 17.1 Å². The molecule has 0 unspecified atom stereocenters. The quantitative estimate of drug-likeness (QED) is 0.405. The molecule has 1 spiro atoms. The Hall–Kier alpha value is -3.76. The molecule has 2 heterocycles. The molecule has 1 atom stereocenters. The topological polar surface area (TPSA) is 105 Å². The van der Waals surface area contributed by atoms with Crippen LogP contribution in [0.2, 0.25) is 0 Å². The summed E-state index contributed by atoms with van der Waals surface area (Å²) in [4.78, 5) is 19.6. The molecule has 1 aromatic heterocycles. The number of fused-ring (bicyclic) bond motifs is 1. The highest BCUT2D eigenvalue weighted by Gasteiger charge is 2.46. The monoisotopic (exact) mass is 456 g/mol. The summed E-state index contributed by atoms with van der Waals surface area (Å²) in [6.07, 6.45) is 4.64. The van der Waals surface area contributed by atoms with Crippen LogP contribution in [-0.4, -0.2) is 32.9 Å². The van der Waals surface area contributed by atoms with Crippen LogP contribution in [0.5, 0.6) is 11.5 Å². The van der Waals surface area contributed by atoms with Crippen molar-refractivity contribution >= 4 is 5.95 Å². The number of nitrogens with zero attached hydrogens (tertiary/aromatic N) is 3. The minimum absolute atomic E-state index is 0.0474. The number of phenolic OH excluding ortho intramolecular Hbond substituents is 2. The van der Waals surface area contributed by atoms with E-state index in [1.54, 1.807) is 23.7 Å². The molecule has 7 heteroatoms. The normalized spacial score (nSPS) is 18.4. The minimum atomic E-state index is -0.206. The van der Waals surface area contributed by atoms with Crippen molar-refractivity contribution in [1.82, 2.24) is 9.55 Å². The molecule has 1 aliphatic heterocycles. The van der Waals surface area contributed by atoms with E-state index in [2.05, 4.69) is 46.0 Å². The van der Waals surface area contributed by atoms with E-state index in [0.717, 1.165) is 32.4 Å². The fourth-order valence-electron chi connectivity index (χ4n) is 5.33. The second kappa shape index (κ2) is 8.54. The molecule has 1 saturated heterocycles. The van der Waals surface area contributed by atoms with E-state index >= 15 is 0 Å². The second-order valence-corrected chi connectivity index (χ2v) is 9.30. The molecule has 1 fully saturated rings. The average molecular weight is 457 g/mol. The zero-order valence-electron chi connectivity index (χ0n) is 19.2. The number of para-hydroxylation sites is 1. The lowest BCUT2D eigenvalue weighted by Crippen LogP contribution is -2.46. The van der Waals surface area contributed by atoms with Gasteiger partial charge in [-0.15, -0.1) is 0 Å². The minimum Gasteiger partial charge on any atom is -0.504 e. The summed E-state index contributed by atoms with van der Waals surface area (Å²) in [5.41, 5.74) is 9.98. The van der Waals surface area contributed by atoms with Gasteiger partial charge in [0.25, 0.3) is 5.56 Å². The fourth-order valence-corrected chi connectivity index (χ4v) is 5.33. The third-order valence-corrected chi connectivity index (χ3v) is 7.38. The van der Waals surface area contributed by atoms with E-state index in [4.69, 9.17) is 5.73 Å². The summed E-state index contributed by atoms with van der Waals surface area (Å²) in [5, 5.41) is 19.5. The predicted octanol–water partition coefficient (Wildman–Crippen LogP) is 2.63. The first-order valence-corrected chi connectivity index (χ1v) is 11.5. The van der Waals surface area contributed by atoms with Gasteiger partial charge < -0.3 is 20.8 Å². The van der Waals surface area contributed by atoms with Crippen LogP contribution in [0, 0.1) is 17.3 Å². The van der Waals surface area contributed by atoms with Crippen LogP contribution >= 0.6 is 0 Å². The highest BCUT2D eigenvalue weighted by Crippen LogP contribution is 2.50. The van der Waals surface area contributed by atoms with Gasteiger partial charge in [-0.2, -0.15) is 0 Å². The molecule has 174 valence electrons. The molecule has 2 aromatic carbocycles. The second-order valence-electron chi connectivity index (χ2n) is 9.30. The summed E-state index contributed by atoms with van der Waals surface area (Å²) in [6.45, 7) is 1.59. The number of nitrogens with two attached hydrogens (primary N) is 1. The van der Waals surface area contributed by atoms with Gasteiger partial charge in [0.15, 0.2) is 11.5 Å². The third kappa shape index (κ3) is 3.70. The number of hydrogen-bond donors (Lipinski definition) is 3. The first kappa shape index (κ1) is 22.1. The van der Waals surface area contributed by atoms with E-state index < -0.39 is 0 Å². The Morgan fingerprint density at radius 2 is 1.91 bits per heavy atom. The van der Waals surface area contributed by atoms with Crippen molar-refractivity contribution in [2.75, 3.05) is 18.0 Å². The number of aromatic hydroxyl groups is 2. The largest absolute Gasteiger partial charge is 0.504 e. The van der Waals surface area contributed by atoms with Crippen molar-refractivity contribution in [2.45, 2.75) is 31.7 Å². The van der Waals surface area contributed by atoms with Crippen LogP contribution in [0.25, 0.3) is 0 Å². The van der Waals surface area contributed by atoms with Crippen LogP contribution in [0.4, 0.5) is 5.95 Å². The molecule has 3 aromatic rings. The van der Waals surface area contributed by atoms with E-state index in [1.165, 1.54) is 23.4 Å². The number of anilines is 1. The van der Waals surface area contributed by atoms with Crippen LogP contribution < -0.4 is 16.2 Å². The van der Waals surface area contributed by atoms with Crippen molar-refractivity contribution in [3.63, 3.8) is 0 Å². The fraction of sp³-hybridized carbons (Fsp3) is 0.333. The van der Waals surface area contributed by atoms with Crippen molar-refractivity contribution in [1.29, 1.82) is 0 Å². The summed E-state index contributed by atoms with van der Waals surface area (Å²) in [5.74, 6) is 6.02. The summed E-state index contributed by atoms with van der Waals surface area (Å²) in [7, 11) is 1.72. The molecular weight excluding hydrogens is 428 g/mol. The lowest BCUT2D eigenvalue weighted by Gasteiger charge is -2.42. The first-order valence-electron chi connectivity index (χ1n) is 11.5. The molecule has 4 N–H and O–H groups in total. The lowest BCUT2D eigenvalue weighted by atomic mass is 9.73. The van der Waals surface area contributed by atoms with Gasteiger partial charge in [0.1, 0.15) is 5.56 Å². The van der Waals surface area contributed by atoms with Gasteiger partial charge in [0.2, 0.25) is 5.95 Å². The standard InChI is InChI=1S/C27H28N4O3/c1-30-25(34)20(9-4-7-18-8-5-11-22(32)23(18)33)17-29-26(30)31-14-12-27(13-15-31)16-19-6-2-3-10-21(19)24(27)28/h2-3,5-6,8,10-11,17,24,32-33H,7,12-16,28H2,1H3/t24-/m1/s1. The summed E-state index contributed by atoms with van der Waals surface area (Å²) >= 11 is 0. The van der Waals surface area contributed by atoms with Gasteiger partial charge in [-0.25, -0.2) is 4.98 Å². The van der Waals surface area contributed by atoms with Crippen LogP contribution in [0.15, 0.2) is 53.5 Å². The maximum Gasteiger partial charge on any atom is 0.270 e. The molecule has 7 nitrogen and oxygen atoms in total. The van der Waals surface area contributed by atoms with Crippen molar-refractivity contribution in [2.24, 2.45) is 18.2 Å². The molecular formula is C27H28N4O3. The molecule has 1 aliphatic carbocycles. The van der Waals surface area contributed by atoms with Gasteiger partial charge in [-0.3, -0.25) is 9.36 Å². The van der Waals surface area contributed by atoms with Gasteiger partial charge in [-0.1, -0.05) is 48.2 Å². The van der Waals surface area contributed by atoms with Crippen LogP contribution in [0.1, 0.15) is 41.1 Å². The van der Waals surface area contributed by atoms with Gasteiger partial charge in [-0.05, 0) is 41.9 Å². The predicted molar refractivity (Wildman–Crippen MR) is 131 cm³/mol. The Morgan fingerprint density at radius 3 is 2.68 bits per heavy atom. The summed E-state index contributed by atoms with van der Waals surface area (Å²) < 4.78 is 1.55. The summed E-state index contributed by atoms with van der Waals surface area (Å²) in [6, 6.07) is 13.2. The van der Waals surface area contributed by atoms with Crippen LogP contribution in [-0.2, 0) is 19.9 Å². The molecule has 5 rings (SSSR count). The number of piperidine rings is 1. The molecule has 0 radical (unpaired) electrons. The van der Waals surface area contributed by atoms with Crippen molar-refractivity contribution in [3.05, 3.63) is 81.3 Å². The Bertz CT molecular complexity index is 1360. The molecule has 0 amide bonds. The highest BCUT2D eigenvalue weighted by atomic mass is 16.3. The van der Waals surface area contributed by atoms with Gasteiger partial charge in [0.05, 0.1) is 6.20 Å². The molecule has 0 saturated carbocycles. The lowest BCUT2D eigenvalue weighted by molar-refractivity contribution is 0.186. The SMILES string of the molecule is Cn1c(N2CCC3(CC2)Cc2ccccc2[C@H]3N)ncc(C#CCc2cccc(O)c2O)c1=O. The molecule has 34 heavy (non-hydrogen) atoms. The number of benzene rings is 2. The van der Waals surface area contributed by atoms with Gasteiger partial charge >= 0.3 is 0 Å². The number of hydrogen-bond acceptors (Lipinski definition) is 6. The zero-order chi connectivity index (χ0) is 23.9. The van der Waals surface area contributed by atoms with Crippen molar-refractivity contribution < 1.29 is 10.2 Å².